The SMILES string of the molecule is CCCCCCCCCCCCCCCCCCCCCC/C=C/CCCC(O)C(O)C(CO)NC(=O)C(O)CCCCCCCCCCCC. The minimum Gasteiger partial charge on any atom is -0.394 e. The van der Waals surface area contributed by atoms with Crippen LogP contribution in [0.25, 0.3) is 0 Å². The minimum atomic E-state index is -1.28. The summed E-state index contributed by atoms with van der Waals surface area (Å²) in [6, 6.07) is -0.996. The van der Waals surface area contributed by atoms with Crippen molar-refractivity contribution in [1.82, 2.24) is 5.32 Å². The Hall–Kier alpha value is -0.950. The van der Waals surface area contributed by atoms with Crippen molar-refractivity contribution in [3.8, 4) is 0 Å². The first-order chi connectivity index (χ1) is 25.0. The van der Waals surface area contributed by atoms with E-state index in [1.807, 2.05) is 0 Å². The molecule has 0 aromatic heterocycles. The average Bonchev–Trinajstić information content (AvgIpc) is 3.13. The van der Waals surface area contributed by atoms with Crippen molar-refractivity contribution in [2.24, 2.45) is 0 Å². The van der Waals surface area contributed by atoms with Crippen LogP contribution in [-0.2, 0) is 4.79 Å². The largest absolute Gasteiger partial charge is 0.394 e. The second-order valence-corrected chi connectivity index (χ2v) is 15.8. The van der Waals surface area contributed by atoms with Gasteiger partial charge in [-0.15, -0.1) is 0 Å². The Balaban J connectivity index is 3.66. The van der Waals surface area contributed by atoms with Gasteiger partial charge in [0.05, 0.1) is 18.8 Å². The first-order valence-corrected chi connectivity index (χ1v) is 22.6. The Bertz CT molecular complexity index is 731. The second kappa shape index (κ2) is 40.2. The molecule has 0 bridgehead atoms. The summed E-state index contributed by atoms with van der Waals surface area (Å²) in [5.41, 5.74) is 0. The number of hydrogen-bond donors (Lipinski definition) is 5. The first-order valence-electron chi connectivity index (χ1n) is 22.6. The van der Waals surface area contributed by atoms with Gasteiger partial charge in [-0.2, -0.15) is 0 Å². The maximum Gasteiger partial charge on any atom is 0.249 e. The average molecular weight is 724 g/mol. The van der Waals surface area contributed by atoms with Crippen LogP contribution in [0, 0.1) is 0 Å². The highest BCUT2D eigenvalue weighted by Gasteiger charge is 2.28. The molecule has 4 atom stereocenters. The summed E-state index contributed by atoms with van der Waals surface area (Å²) in [5.74, 6) is -0.593. The molecule has 0 fully saturated rings. The molecule has 1 amide bonds. The summed E-state index contributed by atoms with van der Waals surface area (Å²) in [4.78, 5) is 12.4. The van der Waals surface area contributed by atoms with Crippen LogP contribution >= 0.6 is 0 Å². The van der Waals surface area contributed by atoms with Crippen LogP contribution in [0.1, 0.15) is 239 Å². The lowest BCUT2D eigenvalue weighted by atomic mass is 10.00. The molecule has 0 saturated carbocycles. The van der Waals surface area contributed by atoms with Crippen LogP contribution in [0.15, 0.2) is 12.2 Å². The molecule has 0 saturated heterocycles. The Labute approximate surface area is 317 Å². The van der Waals surface area contributed by atoms with E-state index in [0.29, 0.717) is 12.8 Å². The van der Waals surface area contributed by atoms with Crippen molar-refractivity contribution in [1.29, 1.82) is 0 Å². The van der Waals surface area contributed by atoms with Gasteiger partial charge in [0.15, 0.2) is 0 Å². The third kappa shape index (κ3) is 34.6. The molecule has 0 aliphatic rings. The number of allylic oxidation sites excluding steroid dienone is 2. The van der Waals surface area contributed by atoms with Gasteiger partial charge < -0.3 is 25.7 Å². The fraction of sp³-hybridized carbons (Fsp3) is 0.933. The lowest BCUT2D eigenvalue weighted by molar-refractivity contribution is -0.132. The van der Waals surface area contributed by atoms with Gasteiger partial charge in [0.2, 0.25) is 5.91 Å². The van der Waals surface area contributed by atoms with Crippen molar-refractivity contribution in [2.45, 2.75) is 263 Å². The van der Waals surface area contributed by atoms with Gasteiger partial charge in [0.25, 0.3) is 0 Å². The van der Waals surface area contributed by atoms with E-state index in [-0.39, 0.29) is 0 Å². The molecule has 6 nitrogen and oxygen atoms in total. The van der Waals surface area contributed by atoms with E-state index in [2.05, 4.69) is 31.3 Å². The van der Waals surface area contributed by atoms with Gasteiger partial charge in [-0.05, 0) is 38.5 Å². The molecular weight excluding hydrogens is 634 g/mol. The number of hydrogen-bond acceptors (Lipinski definition) is 5. The molecule has 0 radical (unpaired) electrons. The lowest BCUT2D eigenvalue weighted by Gasteiger charge is -2.27. The third-order valence-corrected chi connectivity index (χ3v) is 10.7. The highest BCUT2D eigenvalue weighted by Crippen LogP contribution is 2.16. The summed E-state index contributed by atoms with van der Waals surface area (Å²) in [6.45, 7) is 4.03. The summed E-state index contributed by atoms with van der Waals surface area (Å²) in [6.07, 6.45) is 44.1. The molecule has 0 aromatic carbocycles. The van der Waals surface area contributed by atoms with Crippen LogP contribution in [0.5, 0.6) is 0 Å². The Morgan fingerprint density at radius 3 is 1.18 bits per heavy atom. The van der Waals surface area contributed by atoms with Crippen LogP contribution in [0.2, 0.25) is 0 Å². The van der Waals surface area contributed by atoms with Crippen molar-refractivity contribution in [3.05, 3.63) is 12.2 Å². The van der Waals surface area contributed by atoms with Gasteiger partial charge >= 0.3 is 0 Å². The Kier molecular flexibility index (Phi) is 39.5. The first kappa shape index (κ1) is 50.1. The van der Waals surface area contributed by atoms with Gasteiger partial charge in [-0.25, -0.2) is 0 Å². The van der Waals surface area contributed by atoms with E-state index in [4.69, 9.17) is 0 Å². The van der Waals surface area contributed by atoms with E-state index < -0.39 is 36.9 Å². The van der Waals surface area contributed by atoms with Crippen LogP contribution in [0.3, 0.4) is 0 Å². The Morgan fingerprint density at radius 2 is 0.804 bits per heavy atom. The third-order valence-electron chi connectivity index (χ3n) is 10.7. The fourth-order valence-corrected chi connectivity index (χ4v) is 7.11. The standard InChI is InChI=1S/C45H89NO5/c1-3-5-7-9-11-13-15-16-17-18-19-20-21-22-23-24-25-26-27-28-29-31-32-34-36-38-42(48)44(50)41(40-47)46-45(51)43(49)39-37-35-33-30-14-12-10-8-6-4-2/h31-32,41-44,47-50H,3-30,33-40H2,1-2H3,(H,46,51)/b32-31+. The number of rotatable bonds is 41. The number of carbonyl (C=O) groups is 1. The number of unbranched alkanes of at least 4 members (excludes halogenated alkanes) is 30. The molecule has 0 heterocycles. The molecule has 0 aliphatic carbocycles. The van der Waals surface area contributed by atoms with Gasteiger partial charge in [-0.3, -0.25) is 4.79 Å². The zero-order valence-corrected chi connectivity index (χ0v) is 34.1. The highest BCUT2D eigenvalue weighted by atomic mass is 16.3. The number of carbonyl (C=O) groups excluding carboxylic acids is 1. The number of nitrogens with one attached hydrogen (secondary N) is 1. The second-order valence-electron chi connectivity index (χ2n) is 15.8. The normalized spacial score (nSPS) is 14.2. The predicted molar refractivity (Wildman–Crippen MR) is 219 cm³/mol. The molecule has 6 heteroatoms. The van der Waals surface area contributed by atoms with E-state index in [9.17, 15) is 25.2 Å². The number of aliphatic hydroxyl groups is 4. The maximum atomic E-state index is 12.4. The zero-order valence-electron chi connectivity index (χ0n) is 34.1. The smallest absolute Gasteiger partial charge is 0.249 e. The van der Waals surface area contributed by atoms with Crippen molar-refractivity contribution >= 4 is 5.91 Å². The predicted octanol–water partition coefficient (Wildman–Crippen LogP) is 11.8. The van der Waals surface area contributed by atoms with E-state index >= 15 is 0 Å². The Morgan fingerprint density at radius 1 is 0.471 bits per heavy atom. The summed E-state index contributed by atoms with van der Waals surface area (Å²) in [7, 11) is 0. The van der Waals surface area contributed by atoms with Gasteiger partial charge in [0.1, 0.15) is 12.2 Å². The van der Waals surface area contributed by atoms with Crippen molar-refractivity contribution < 1.29 is 25.2 Å². The summed E-state index contributed by atoms with van der Waals surface area (Å²) in [5, 5.41) is 43.5. The molecule has 5 N–H and O–H groups in total. The minimum absolute atomic E-state index is 0.366. The van der Waals surface area contributed by atoms with Crippen LogP contribution < -0.4 is 5.32 Å². The molecule has 51 heavy (non-hydrogen) atoms. The maximum absolute atomic E-state index is 12.4. The monoisotopic (exact) mass is 724 g/mol. The summed E-state index contributed by atoms with van der Waals surface area (Å²) >= 11 is 0. The molecular formula is C45H89NO5. The zero-order chi connectivity index (χ0) is 37.5. The van der Waals surface area contributed by atoms with Crippen LogP contribution in [-0.4, -0.2) is 57.3 Å². The molecule has 304 valence electrons. The van der Waals surface area contributed by atoms with Crippen LogP contribution in [0.4, 0.5) is 0 Å². The molecule has 4 unspecified atom stereocenters. The fourth-order valence-electron chi connectivity index (χ4n) is 7.11. The number of aliphatic hydroxyl groups excluding tert-OH is 4. The quantitative estimate of drug-likeness (QED) is 0.0319. The summed E-state index contributed by atoms with van der Waals surface area (Å²) < 4.78 is 0. The topological polar surface area (TPSA) is 110 Å². The lowest BCUT2D eigenvalue weighted by Crippen LogP contribution is -2.53. The van der Waals surface area contributed by atoms with Crippen molar-refractivity contribution in [2.75, 3.05) is 6.61 Å². The van der Waals surface area contributed by atoms with Gasteiger partial charge in [0, 0.05) is 0 Å². The molecule has 0 spiro atoms. The molecule has 0 aromatic rings. The highest BCUT2D eigenvalue weighted by molar-refractivity contribution is 5.80. The van der Waals surface area contributed by atoms with E-state index in [1.165, 1.54) is 173 Å². The number of amides is 1. The molecule has 0 aliphatic heterocycles. The molecule has 0 rings (SSSR count). The van der Waals surface area contributed by atoms with E-state index in [0.717, 1.165) is 38.5 Å². The van der Waals surface area contributed by atoms with E-state index in [1.54, 1.807) is 0 Å². The van der Waals surface area contributed by atoms with Crippen molar-refractivity contribution in [3.63, 3.8) is 0 Å². The van der Waals surface area contributed by atoms with Gasteiger partial charge in [-0.1, -0.05) is 212 Å².